The Hall–Kier alpha value is -2.34. The van der Waals surface area contributed by atoms with Crippen LogP contribution in [0.3, 0.4) is 0 Å². The Labute approximate surface area is 155 Å². The fourth-order valence-corrected chi connectivity index (χ4v) is 2.43. The summed E-state index contributed by atoms with van der Waals surface area (Å²) in [5, 5.41) is 2.73. The summed E-state index contributed by atoms with van der Waals surface area (Å²) >= 11 is 3.35. The molecule has 2 aromatic rings. The van der Waals surface area contributed by atoms with E-state index in [0.29, 0.717) is 29.2 Å². The van der Waals surface area contributed by atoms with Gasteiger partial charge in [-0.1, -0.05) is 28.9 Å². The molecule has 6 heteroatoms. The Balaban J connectivity index is 2.21. The number of halogens is 1. The summed E-state index contributed by atoms with van der Waals surface area (Å²) in [6.45, 7) is 5.54. The largest absolute Gasteiger partial charge is 0.490 e. The number of hydrogen-bond donors (Lipinski definition) is 1. The molecule has 1 N–H and O–H groups in total. The molecule has 0 aliphatic rings. The van der Waals surface area contributed by atoms with Crippen LogP contribution in [-0.2, 0) is 4.79 Å². The van der Waals surface area contributed by atoms with Crippen LogP contribution in [0, 0.1) is 0 Å². The standard InChI is InChI=1S/C19H20BrNO4/c1-4-18(22)21-14-6-5-7-15(11-14)25-19(23)16-10-13(20)8-9-17(16)24-12(2)3/h5-12H,4H2,1-3H3,(H,21,22). The van der Waals surface area contributed by atoms with Crippen molar-refractivity contribution in [1.82, 2.24) is 0 Å². The fourth-order valence-electron chi connectivity index (χ4n) is 2.07. The number of carbonyl (C=O) groups excluding carboxylic acids is 2. The van der Waals surface area contributed by atoms with E-state index >= 15 is 0 Å². The first-order valence-corrected chi connectivity index (χ1v) is 8.76. The molecule has 0 spiro atoms. The van der Waals surface area contributed by atoms with Crippen LogP contribution in [0.1, 0.15) is 37.6 Å². The van der Waals surface area contributed by atoms with Gasteiger partial charge in [-0.15, -0.1) is 0 Å². The van der Waals surface area contributed by atoms with Crippen molar-refractivity contribution in [3.05, 3.63) is 52.5 Å². The van der Waals surface area contributed by atoms with E-state index in [-0.39, 0.29) is 12.0 Å². The third kappa shape index (κ3) is 5.60. The maximum absolute atomic E-state index is 12.5. The molecule has 0 saturated carbocycles. The molecule has 0 bridgehead atoms. The molecule has 0 atom stereocenters. The van der Waals surface area contributed by atoms with Crippen molar-refractivity contribution in [1.29, 1.82) is 0 Å². The smallest absolute Gasteiger partial charge is 0.347 e. The Morgan fingerprint density at radius 1 is 1.16 bits per heavy atom. The Morgan fingerprint density at radius 3 is 2.60 bits per heavy atom. The van der Waals surface area contributed by atoms with Crippen molar-refractivity contribution < 1.29 is 19.1 Å². The van der Waals surface area contributed by atoms with Gasteiger partial charge in [0.1, 0.15) is 17.1 Å². The molecule has 25 heavy (non-hydrogen) atoms. The minimum atomic E-state index is -0.532. The van der Waals surface area contributed by atoms with E-state index in [0.717, 1.165) is 4.47 Å². The molecule has 0 unspecified atom stereocenters. The highest BCUT2D eigenvalue weighted by atomic mass is 79.9. The van der Waals surface area contributed by atoms with E-state index in [2.05, 4.69) is 21.2 Å². The highest BCUT2D eigenvalue weighted by Gasteiger charge is 2.17. The van der Waals surface area contributed by atoms with Gasteiger partial charge in [0.05, 0.1) is 6.10 Å². The van der Waals surface area contributed by atoms with Gasteiger partial charge in [0.15, 0.2) is 0 Å². The third-order valence-electron chi connectivity index (χ3n) is 3.17. The summed E-state index contributed by atoms with van der Waals surface area (Å²) < 4.78 is 11.9. The minimum Gasteiger partial charge on any atom is -0.490 e. The second-order valence-corrected chi connectivity index (χ2v) is 6.54. The van der Waals surface area contributed by atoms with Crippen molar-refractivity contribution in [2.24, 2.45) is 0 Å². The predicted molar refractivity (Wildman–Crippen MR) is 100 cm³/mol. The zero-order valence-corrected chi connectivity index (χ0v) is 15.9. The van der Waals surface area contributed by atoms with Crippen LogP contribution in [-0.4, -0.2) is 18.0 Å². The molecule has 0 aliphatic heterocycles. The number of rotatable bonds is 6. The summed E-state index contributed by atoms with van der Waals surface area (Å²) in [5.74, 6) is 0.159. The van der Waals surface area contributed by atoms with Crippen molar-refractivity contribution in [2.45, 2.75) is 33.3 Å². The quantitative estimate of drug-likeness (QED) is 0.553. The van der Waals surface area contributed by atoms with Gasteiger partial charge in [-0.3, -0.25) is 4.79 Å². The monoisotopic (exact) mass is 405 g/mol. The van der Waals surface area contributed by atoms with E-state index in [1.807, 2.05) is 13.8 Å². The molecule has 1 amide bonds. The molecule has 0 fully saturated rings. The molecule has 0 saturated heterocycles. The number of nitrogens with one attached hydrogen (secondary N) is 1. The molecule has 2 rings (SSSR count). The molecule has 5 nitrogen and oxygen atoms in total. The molecule has 0 aliphatic carbocycles. The van der Waals surface area contributed by atoms with Gasteiger partial charge in [-0.2, -0.15) is 0 Å². The predicted octanol–water partition coefficient (Wildman–Crippen LogP) is 4.80. The molecule has 0 aromatic heterocycles. The molecule has 132 valence electrons. The average Bonchev–Trinajstić information content (AvgIpc) is 2.56. The van der Waals surface area contributed by atoms with Gasteiger partial charge < -0.3 is 14.8 Å². The van der Waals surface area contributed by atoms with Gasteiger partial charge in [-0.25, -0.2) is 4.79 Å². The van der Waals surface area contributed by atoms with E-state index in [1.54, 1.807) is 49.4 Å². The van der Waals surface area contributed by atoms with E-state index in [1.165, 1.54) is 0 Å². The van der Waals surface area contributed by atoms with Crippen molar-refractivity contribution in [2.75, 3.05) is 5.32 Å². The first kappa shape index (κ1) is 19.0. The number of ether oxygens (including phenoxy) is 2. The lowest BCUT2D eigenvalue weighted by Crippen LogP contribution is -2.14. The normalized spacial score (nSPS) is 10.4. The van der Waals surface area contributed by atoms with Gasteiger partial charge >= 0.3 is 5.97 Å². The van der Waals surface area contributed by atoms with Crippen molar-refractivity contribution in [3.8, 4) is 11.5 Å². The minimum absolute atomic E-state index is 0.0692. The number of amides is 1. The van der Waals surface area contributed by atoms with Gasteiger partial charge in [0, 0.05) is 22.6 Å². The summed E-state index contributed by atoms with van der Waals surface area (Å²) in [6, 6.07) is 11.9. The fraction of sp³-hybridized carbons (Fsp3) is 0.263. The lowest BCUT2D eigenvalue weighted by molar-refractivity contribution is -0.115. The summed E-state index contributed by atoms with van der Waals surface area (Å²) in [4.78, 5) is 24.0. The van der Waals surface area contributed by atoms with E-state index in [4.69, 9.17) is 9.47 Å². The number of carbonyl (C=O) groups is 2. The van der Waals surface area contributed by atoms with Gasteiger partial charge in [0.25, 0.3) is 0 Å². The maximum atomic E-state index is 12.5. The van der Waals surface area contributed by atoms with Crippen LogP contribution in [0.4, 0.5) is 5.69 Å². The highest BCUT2D eigenvalue weighted by Crippen LogP contribution is 2.26. The van der Waals surface area contributed by atoms with Crippen LogP contribution >= 0.6 is 15.9 Å². The number of benzene rings is 2. The molecule has 2 aromatic carbocycles. The van der Waals surface area contributed by atoms with Crippen LogP contribution in [0.5, 0.6) is 11.5 Å². The Kier molecular flexibility index (Phi) is 6.58. The highest BCUT2D eigenvalue weighted by molar-refractivity contribution is 9.10. The lowest BCUT2D eigenvalue weighted by atomic mass is 10.2. The van der Waals surface area contributed by atoms with Gasteiger partial charge in [-0.05, 0) is 44.2 Å². The molecular formula is C19H20BrNO4. The summed E-state index contributed by atoms with van der Waals surface area (Å²) in [6.07, 6.45) is 0.304. The second kappa shape index (κ2) is 8.67. The summed E-state index contributed by atoms with van der Waals surface area (Å²) in [7, 11) is 0. The number of hydrogen-bond acceptors (Lipinski definition) is 4. The van der Waals surface area contributed by atoms with Crippen LogP contribution < -0.4 is 14.8 Å². The Morgan fingerprint density at radius 2 is 1.92 bits per heavy atom. The first-order chi connectivity index (χ1) is 11.9. The van der Waals surface area contributed by atoms with Crippen LogP contribution in [0.2, 0.25) is 0 Å². The molecule has 0 heterocycles. The Bertz CT molecular complexity index is 774. The SMILES string of the molecule is CCC(=O)Nc1cccc(OC(=O)c2cc(Br)ccc2OC(C)C)c1. The second-order valence-electron chi connectivity index (χ2n) is 5.63. The maximum Gasteiger partial charge on any atom is 0.347 e. The topological polar surface area (TPSA) is 64.6 Å². The first-order valence-electron chi connectivity index (χ1n) is 7.97. The number of anilines is 1. The van der Waals surface area contributed by atoms with Crippen molar-refractivity contribution in [3.63, 3.8) is 0 Å². The zero-order valence-electron chi connectivity index (χ0n) is 14.3. The van der Waals surface area contributed by atoms with Crippen molar-refractivity contribution >= 4 is 33.5 Å². The van der Waals surface area contributed by atoms with Crippen LogP contribution in [0.15, 0.2) is 46.9 Å². The van der Waals surface area contributed by atoms with Gasteiger partial charge in [0.2, 0.25) is 5.91 Å². The third-order valence-corrected chi connectivity index (χ3v) is 3.67. The van der Waals surface area contributed by atoms with E-state index < -0.39 is 5.97 Å². The van der Waals surface area contributed by atoms with E-state index in [9.17, 15) is 9.59 Å². The molecule has 0 radical (unpaired) electrons. The lowest BCUT2D eigenvalue weighted by Gasteiger charge is -2.14. The summed E-state index contributed by atoms with van der Waals surface area (Å²) in [5.41, 5.74) is 0.899. The zero-order chi connectivity index (χ0) is 18.4. The molecular weight excluding hydrogens is 386 g/mol. The average molecular weight is 406 g/mol. The van der Waals surface area contributed by atoms with Crippen LogP contribution in [0.25, 0.3) is 0 Å². The number of esters is 1.